The number of nitrogens with one attached hydrogen (secondary N) is 1. The predicted octanol–water partition coefficient (Wildman–Crippen LogP) is 3.32. The van der Waals surface area contributed by atoms with E-state index in [1.165, 1.54) is 4.90 Å². The van der Waals surface area contributed by atoms with Gasteiger partial charge < -0.3 is 21.7 Å². The molecule has 35 heavy (non-hydrogen) atoms. The Hall–Kier alpha value is -3.50. The summed E-state index contributed by atoms with van der Waals surface area (Å²) in [6.07, 6.45) is 6.99. The fourth-order valence-electron chi connectivity index (χ4n) is 4.22. The van der Waals surface area contributed by atoms with Gasteiger partial charge in [-0.25, -0.2) is 0 Å². The minimum Gasteiger partial charge on any atom is -0.395 e. The molecule has 0 saturated heterocycles. The molecule has 0 spiro atoms. The molecule has 1 saturated carbocycles. The molecule has 2 heterocycles. The van der Waals surface area contributed by atoms with Gasteiger partial charge in [0.25, 0.3) is 11.8 Å². The van der Waals surface area contributed by atoms with E-state index in [2.05, 4.69) is 14.7 Å². The van der Waals surface area contributed by atoms with Crippen LogP contribution >= 0.6 is 23.1 Å². The summed E-state index contributed by atoms with van der Waals surface area (Å²) in [5.41, 5.74) is 12.4. The summed E-state index contributed by atoms with van der Waals surface area (Å²) in [4.78, 5) is 44.7. The normalized spacial score (nSPS) is 14.4. The van der Waals surface area contributed by atoms with Gasteiger partial charge in [0, 0.05) is 30.0 Å². The largest absolute Gasteiger partial charge is 0.395 e. The Kier molecular flexibility index (Phi) is 7.62. The summed E-state index contributed by atoms with van der Waals surface area (Å²) in [6.45, 7) is 0.0207. The van der Waals surface area contributed by atoms with Crippen molar-refractivity contribution in [2.75, 3.05) is 5.73 Å². The van der Waals surface area contributed by atoms with Gasteiger partial charge in [-0.15, -0.1) is 0 Å². The summed E-state index contributed by atoms with van der Waals surface area (Å²) < 4.78 is 3.96. The summed E-state index contributed by atoms with van der Waals surface area (Å²) in [6, 6.07) is 9.51. The first kappa shape index (κ1) is 24.6. The summed E-state index contributed by atoms with van der Waals surface area (Å²) in [5.74, 6) is -1.71. The van der Waals surface area contributed by atoms with Crippen molar-refractivity contribution >= 4 is 46.5 Å². The van der Waals surface area contributed by atoms with Gasteiger partial charge in [-0.1, -0.05) is 42.6 Å². The number of nitrogens with zero attached hydrogens (tertiary/aromatic N) is 3. The fourth-order valence-corrected chi connectivity index (χ4v) is 5.18. The van der Waals surface area contributed by atoms with Crippen molar-refractivity contribution in [2.24, 2.45) is 5.73 Å². The maximum Gasteiger partial charge on any atom is 0.270 e. The first-order chi connectivity index (χ1) is 16.9. The van der Waals surface area contributed by atoms with E-state index in [-0.39, 0.29) is 34.8 Å². The number of primary amides is 1. The molecule has 3 aromatic rings. The van der Waals surface area contributed by atoms with Crippen LogP contribution in [0.3, 0.4) is 0 Å². The van der Waals surface area contributed by atoms with E-state index in [1.807, 2.05) is 0 Å². The number of halogens is 1. The number of rotatable bonds is 8. The van der Waals surface area contributed by atoms with Crippen LogP contribution in [-0.4, -0.2) is 38.0 Å². The van der Waals surface area contributed by atoms with E-state index in [4.69, 9.17) is 23.1 Å². The van der Waals surface area contributed by atoms with Crippen molar-refractivity contribution in [3.8, 4) is 0 Å². The molecule has 1 aliphatic rings. The van der Waals surface area contributed by atoms with Gasteiger partial charge in [-0.2, -0.15) is 4.37 Å². The molecule has 5 N–H and O–H groups in total. The highest BCUT2D eigenvalue weighted by Gasteiger charge is 2.36. The lowest BCUT2D eigenvalue weighted by Crippen LogP contribution is -2.46. The van der Waals surface area contributed by atoms with Crippen LogP contribution in [-0.2, 0) is 11.3 Å². The van der Waals surface area contributed by atoms with Gasteiger partial charge in [-0.3, -0.25) is 19.4 Å². The summed E-state index contributed by atoms with van der Waals surface area (Å²) in [7, 11) is 0. The topological polar surface area (TPSA) is 144 Å². The minimum atomic E-state index is -0.999. The fraction of sp³-hybridized carbons (Fsp3) is 0.292. The van der Waals surface area contributed by atoms with Crippen LogP contribution in [0.15, 0.2) is 48.8 Å². The lowest BCUT2D eigenvalue weighted by molar-refractivity contribution is -0.126. The molecule has 9 nitrogen and oxygen atoms in total. The Labute approximate surface area is 211 Å². The van der Waals surface area contributed by atoms with Crippen LogP contribution in [0, 0.1) is 0 Å². The number of nitrogens with two attached hydrogens (primary N) is 2. The zero-order chi connectivity index (χ0) is 24.9. The molecular weight excluding hydrogens is 488 g/mol. The SMILES string of the molecule is NC(=O)c1nsc(C(=O)N(Cc2ccccc2Cl)[C@@H](C(=O)NC2CCCC2)c2ccncc2)c1N. The average molecular weight is 513 g/mol. The van der Waals surface area contributed by atoms with Gasteiger partial charge in [0.1, 0.15) is 10.9 Å². The van der Waals surface area contributed by atoms with Gasteiger partial charge >= 0.3 is 0 Å². The quantitative estimate of drug-likeness (QED) is 0.422. The Bertz CT molecular complexity index is 1230. The minimum absolute atomic E-state index is 0.0207. The number of pyridine rings is 1. The van der Waals surface area contributed by atoms with Gasteiger partial charge in [0.15, 0.2) is 5.69 Å². The number of benzene rings is 1. The van der Waals surface area contributed by atoms with Crippen molar-refractivity contribution in [3.05, 3.63) is 75.5 Å². The van der Waals surface area contributed by atoms with Crippen molar-refractivity contribution < 1.29 is 14.4 Å². The molecule has 1 aliphatic carbocycles. The second kappa shape index (κ2) is 10.8. The number of anilines is 1. The number of aromatic nitrogens is 2. The van der Waals surface area contributed by atoms with E-state index >= 15 is 0 Å². The third kappa shape index (κ3) is 5.44. The molecule has 0 aliphatic heterocycles. The van der Waals surface area contributed by atoms with E-state index in [0.717, 1.165) is 37.2 Å². The predicted molar refractivity (Wildman–Crippen MR) is 134 cm³/mol. The highest BCUT2D eigenvalue weighted by atomic mass is 35.5. The van der Waals surface area contributed by atoms with E-state index in [9.17, 15) is 14.4 Å². The standard InChI is InChI=1S/C24H25ClN6O3S/c25-17-8-4-1-5-15(17)13-31(24(34)21-18(26)19(22(27)32)30-35-21)20(14-9-11-28-12-10-14)23(33)29-16-6-2-3-7-16/h1,4-5,8-12,16,20H,2-3,6-7,13,26H2,(H2,27,32)(H,29,33)/t20-/m1/s1. The van der Waals surface area contributed by atoms with E-state index in [0.29, 0.717) is 16.1 Å². The Morgan fingerprint density at radius 1 is 1.14 bits per heavy atom. The molecule has 182 valence electrons. The molecule has 3 amide bonds. The first-order valence-corrected chi connectivity index (χ1v) is 12.3. The van der Waals surface area contributed by atoms with Gasteiger partial charge in [0.05, 0.1) is 5.69 Å². The van der Waals surface area contributed by atoms with E-state index < -0.39 is 17.9 Å². The summed E-state index contributed by atoms with van der Waals surface area (Å²) in [5, 5.41) is 3.55. The zero-order valence-corrected chi connectivity index (χ0v) is 20.4. The average Bonchev–Trinajstić information content (AvgIpc) is 3.49. The lowest BCUT2D eigenvalue weighted by Gasteiger charge is -2.32. The van der Waals surface area contributed by atoms with Crippen LogP contribution in [0.5, 0.6) is 0 Å². The molecule has 1 fully saturated rings. The van der Waals surface area contributed by atoms with Crippen molar-refractivity contribution in [2.45, 2.75) is 44.3 Å². The van der Waals surface area contributed by atoms with Crippen LogP contribution in [0.1, 0.15) is 63.0 Å². The van der Waals surface area contributed by atoms with Crippen LogP contribution in [0.2, 0.25) is 5.02 Å². The Morgan fingerprint density at radius 3 is 2.46 bits per heavy atom. The summed E-state index contributed by atoms with van der Waals surface area (Å²) >= 11 is 7.19. The molecule has 1 atom stereocenters. The third-order valence-electron chi connectivity index (χ3n) is 6.00. The molecular formula is C24H25ClN6O3S. The number of carbonyl (C=O) groups is 3. The molecule has 4 rings (SSSR count). The monoisotopic (exact) mass is 512 g/mol. The van der Waals surface area contributed by atoms with Crippen LogP contribution in [0.4, 0.5) is 5.69 Å². The molecule has 0 bridgehead atoms. The third-order valence-corrected chi connectivity index (χ3v) is 7.22. The first-order valence-electron chi connectivity index (χ1n) is 11.2. The highest BCUT2D eigenvalue weighted by molar-refractivity contribution is 7.09. The van der Waals surface area contributed by atoms with Gasteiger partial charge in [0.2, 0.25) is 5.91 Å². The van der Waals surface area contributed by atoms with Crippen molar-refractivity contribution in [3.63, 3.8) is 0 Å². The number of nitrogen functional groups attached to an aromatic ring is 1. The van der Waals surface area contributed by atoms with Gasteiger partial charge in [-0.05, 0) is 53.7 Å². The maximum absolute atomic E-state index is 13.9. The van der Waals surface area contributed by atoms with Crippen LogP contribution in [0.25, 0.3) is 0 Å². The molecule has 0 radical (unpaired) electrons. The Morgan fingerprint density at radius 2 is 1.83 bits per heavy atom. The van der Waals surface area contributed by atoms with E-state index in [1.54, 1.807) is 48.8 Å². The Balaban J connectivity index is 1.79. The molecule has 11 heteroatoms. The van der Waals surface area contributed by atoms with Crippen LogP contribution < -0.4 is 16.8 Å². The second-order valence-corrected chi connectivity index (χ2v) is 9.52. The number of carbonyl (C=O) groups excluding carboxylic acids is 3. The smallest absolute Gasteiger partial charge is 0.270 e. The molecule has 1 aromatic carbocycles. The lowest BCUT2D eigenvalue weighted by atomic mass is 10.0. The second-order valence-electron chi connectivity index (χ2n) is 8.34. The molecule has 0 unspecified atom stereocenters. The number of hydrogen-bond acceptors (Lipinski definition) is 7. The number of amides is 3. The zero-order valence-electron chi connectivity index (χ0n) is 18.8. The van der Waals surface area contributed by atoms with Crippen molar-refractivity contribution in [1.29, 1.82) is 0 Å². The highest BCUT2D eigenvalue weighted by Crippen LogP contribution is 2.32. The number of hydrogen-bond donors (Lipinski definition) is 3. The van der Waals surface area contributed by atoms with Crippen molar-refractivity contribution in [1.82, 2.24) is 19.6 Å². The molecule has 2 aromatic heterocycles. The maximum atomic E-state index is 13.9.